The minimum atomic E-state index is -1.13. The number of hydrogen-bond acceptors (Lipinski definition) is 5. The predicted molar refractivity (Wildman–Crippen MR) is 94.2 cm³/mol. The van der Waals surface area contributed by atoms with Crippen molar-refractivity contribution in [1.82, 2.24) is 4.98 Å². The zero-order valence-electron chi connectivity index (χ0n) is 11.0. The summed E-state index contributed by atoms with van der Waals surface area (Å²) in [6, 6.07) is 7.75. The Morgan fingerprint density at radius 2 is 2.00 bits per heavy atom. The van der Waals surface area contributed by atoms with Gasteiger partial charge in [-0.25, -0.2) is 9.78 Å². The summed E-state index contributed by atoms with van der Waals surface area (Å²) in [6.45, 7) is -0.0413. The van der Waals surface area contributed by atoms with Gasteiger partial charge in [0.2, 0.25) is 5.12 Å². The molecule has 0 saturated carbocycles. The van der Waals surface area contributed by atoms with E-state index in [2.05, 4.69) is 10.3 Å². The molecule has 0 spiro atoms. The molecule has 1 aromatic carbocycles. The molecule has 0 unspecified atom stereocenters. The SMILES string of the molecule is O=C(CNc1cc(Cl)ccc1Cl)Sc1ncccc1C(=O)O.[KH]. The second-order valence-electron chi connectivity index (χ2n) is 4.11. The van der Waals surface area contributed by atoms with Gasteiger partial charge >= 0.3 is 57.4 Å². The number of rotatable bonds is 5. The molecule has 0 bridgehead atoms. The Morgan fingerprint density at radius 1 is 1.26 bits per heavy atom. The van der Waals surface area contributed by atoms with Crippen molar-refractivity contribution >= 4 is 103 Å². The van der Waals surface area contributed by atoms with Crippen LogP contribution in [-0.2, 0) is 4.79 Å². The molecule has 1 aromatic heterocycles. The first-order valence-electron chi connectivity index (χ1n) is 6.05. The molecular weight excluding hydrogens is 386 g/mol. The number of carboxylic acid groups (broad SMARTS) is 1. The van der Waals surface area contributed by atoms with Gasteiger partial charge in [-0.2, -0.15) is 0 Å². The first-order valence-corrected chi connectivity index (χ1v) is 7.62. The number of halogens is 2. The number of pyridine rings is 1. The van der Waals surface area contributed by atoms with Crippen LogP contribution in [-0.4, -0.2) is 79.1 Å². The van der Waals surface area contributed by atoms with E-state index >= 15 is 0 Å². The number of nitrogens with one attached hydrogen (secondary N) is 1. The molecule has 0 fully saturated rings. The first-order chi connectivity index (χ1) is 10.5. The summed E-state index contributed by atoms with van der Waals surface area (Å²) in [5, 5.41) is 12.7. The number of carbonyl (C=O) groups excluding carboxylic acids is 1. The molecule has 0 atom stereocenters. The Morgan fingerprint density at radius 3 is 2.70 bits per heavy atom. The van der Waals surface area contributed by atoms with Crippen LogP contribution >= 0.6 is 35.0 Å². The van der Waals surface area contributed by atoms with E-state index in [9.17, 15) is 9.59 Å². The van der Waals surface area contributed by atoms with Gasteiger partial charge in [0.15, 0.2) is 0 Å². The molecule has 9 heteroatoms. The third kappa shape index (κ3) is 6.36. The third-order valence-electron chi connectivity index (χ3n) is 2.56. The monoisotopic (exact) mass is 396 g/mol. The van der Waals surface area contributed by atoms with Crippen molar-refractivity contribution < 1.29 is 14.7 Å². The van der Waals surface area contributed by atoms with Crippen molar-refractivity contribution in [2.45, 2.75) is 5.03 Å². The van der Waals surface area contributed by atoms with Crippen LogP contribution in [0.2, 0.25) is 10.0 Å². The fourth-order valence-corrected chi connectivity index (χ4v) is 2.67. The first kappa shape index (κ1) is 20.9. The van der Waals surface area contributed by atoms with Gasteiger partial charge in [0, 0.05) is 11.2 Å². The van der Waals surface area contributed by atoms with Crippen LogP contribution in [0.4, 0.5) is 5.69 Å². The predicted octanol–water partition coefficient (Wildman–Crippen LogP) is 3.17. The summed E-state index contributed by atoms with van der Waals surface area (Å²) >= 11 is 12.6. The standard InChI is InChI=1S/C14H10Cl2N2O3S.K.H/c15-8-3-4-10(16)11(6-8)18-7-12(19)22-13-9(14(20)21)2-1-5-17-13;;/h1-6,18H,7H2,(H,20,21);;. The van der Waals surface area contributed by atoms with Crippen LogP contribution in [0.15, 0.2) is 41.6 Å². The van der Waals surface area contributed by atoms with Crippen molar-refractivity contribution in [3.8, 4) is 0 Å². The molecule has 1 heterocycles. The van der Waals surface area contributed by atoms with Gasteiger partial charge < -0.3 is 10.4 Å². The quantitative estimate of drug-likeness (QED) is 0.596. The molecule has 0 aliphatic rings. The molecule has 0 aliphatic heterocycles. The maximum absolute atomic E-state index is 11.9. The van der Waals surface area contributed by atoms with E-state index in [1.165, 1.54) is 18.3 Å². The molecule has 116 valence electrons. The zero-order chi connectivity index (χ0) is 16.1. The zero-order valence-corrected chi connectivity index (χ0v) is 13.4. The van der Waals surface area contributed by atoms with Crippen LogP contribution in [0, 0.1) is 0 Å². The van der Waals surface area contributed by atoms with E-state index in [-0.39, 0.29) is 73.6 Å². The molecule has 0 aliphatic carbocycles. The Balaban J connectivity index is 0.00000264. The van der Waals surface area contributed by atoms with E-state index in [0.717, 1.165) is 11.8 Å². The number of nitrogens with zero attached hydrogens (tertiary/aromatic N) is 1. The summed E-state index contributed by atoms with van der Waals surface area (Å²) in [5.74, 6) is -1.13. The van der Waals surface area contributed by atoms with Gasteiger partial charge in [0.1, 0.15) is 5.03 Å². The summed E-state index contributed by atoms with van der Waals surface area (Å²) in [6.07, 6.45) is 1.43. The Kier molecular flexibility index (Phi) is 9.10. The van der Waals surface area contributed by atoms with Crippen LogP contribution in [0.5, 0.6) is 0 Å². The molecule has 0 saturated heterocycles. The second-order valence-corrected chi connectivity index (χ2v) is 6.00. The topological polar surface area (TPSA) is 79.3 Å². The Bertz CT molecular complexity index is 731. The fourth-order valence-electron chi connectivity index (χ4n) is 1.58. The number of thioether (sulfide) groups is 1. The van der Waals surface area contributed by atoms with Crippen LogP contribution in [0.25, 0.3) is 0 Å². The van der Waals surface area contributed by atoms with E-state index in [0.29, 0.717) is 15.7 Å². The van der Waals surface area contributed by atoms with Gasteiger partial charge in [-0.05, 0) is 42.1 Å². The maximum atomic E-state index is 11.9. The number of carboxylic acids is 1. The van der Waals surface area contributed by atoms with Gasteiger partial charge in [0.25, 0.3) is 0 Å². The van der Waals surface area contributed by atoms with Crippen molar-refractivity contribution in [1.29, 1.82) is 0 Å². The number of aromatic carboxylic acids is 1. The van der Waals surface area contributed by atoms with Crippen molar-refractivity contribution in [2.75, 3.05) is 11.9 Å². The Hall–Kier alpha value is -0.124. The van der Waals surface area contributed by atoms with Crippen LogP contribution < -0.4 is 5.32 Å². The number of hydrogen-bond donors (Lipinski definition) is 2. The number of anilines is 1. The summed E-state index contributed by atoms with van der Waals surface area (Å²) in [7, 11) is 0. The van der Waals surface area contributed by atoms with Crippen LogP contribution in [0.1, 0.15) is 10.4 Å². The third-order valence-corrected chi connectivity index (χ3v) is 4.02. The number of aromatic nitrogens is 1. The van der Waals surface area contributed by atoms with Crippen molar-refractivity contribution in [2.24, 2.45) is 0 Å². The summed E-state index contributed by atoms with van der Waals surface area (Å²) < 4.78 is 0. The van der Waals surface area contributed by atoms with E-state index in [4.69, 9.17) is 28.3 Å². The van der Waals surface area contributed by atoms with E-state index < -0.39 is 5.97 Å². The molecule has 2 rings (SSSR count). The normalized spacial score (nSPS) is 9.83. The van der Waals surface area contributed by atoms with Gasteiger partial charge in [-0.3, -0.25) is 4.79 Å². The Labute approximate surface area is 189 Å². The average Bonchev–Trinajstić information content (AvgIpc) is 2.48. The van der Waals surface area contributed by atoms with Gasteiger partial charge in [-0.15, -0.1) is 0 Å². The second kappa shape index (κ2) is 10.0. The summed E-state index contributed by atoms with van der Waals surface area (Å²) in [4.78, 5) is 26.9. The molecule has 5 nitrogen and oxygen atoms in total. The average molecular weight is 397 g/mol. The molecule has 2 aromatic rings. The van der Waals surface area contributed by atoms with Gasteiger partial charge in [0.05, 0.1) is 22.8 Å². The van der Waals surface area contributed by atoms with E-state index in [1.54, 1.807) is 18.2 Å². The van der Waals surface area contributed by atoms with Gasteiger partial charge in [-0.1, -0.05) is 23.2 Å². The number of benzene rings is 1. The number of carbonyl (C=O) groups is 2. The van der Waals surface area contributed by atoms with Crippen LogP contribution in [0.3, 0.4) is 0 Å². The van der Waals surface area contributed by atoms with Crippen molar-refractivity contribution in [3.63, 3.8) is 0 Å². The van der Waals surface area contributed by atoms with Crippen molar-refractivity contribution in [3.05, 3.63) is 52.1 Å². The molecule has 0 amide bonds. The summed E-state index contributed by atoms with van der Waals surface area (Å²) in [5.41, 5.74) is 0.518. The molecule has 2 N–H and O–H groups in total. The fraction of sp³-hybridized carbons (Fsp3) is 0.0714. The minimum absolute atomic E-state index is 0. The molecule has 23 heavy (non-hydrogen) atoms. The molecular formula is C14H11Cl2KN2O3S. The molecule has 0 radical (unpaired) electrons. The van der Waals surface area contributed by atoms with E-state index in [1.807, 2.05) is 0 Å².